The average Bonchev–Trinajstić information content (AvgIpc) is 2.77. The maximum Gasteiger partial charge on any atom is 0.223 e. The number of para-hydroxylation sites is 1. The fraction of sp³-hybridized carbons (Fsp3) is 0.650. The van der Waals surface area contributed by atoms with Crippen LogP contribution in [-0.4, -0.2) is 18.6 Å². The molecule has 3 unspecified atom stereocenters. The molecule has 0 saturated heterocycles. The largest absolute Gasteiger partial charge is 0.493 e. The normalized spacial score (nSPS) is 33.9. The molecule has 5 heteroatoms. The van der Waals surface area contributed by atoms with E-state index in [-0.39, 0.29) is 30.3 Å². The lowest BCUT2D eigenvalue weighted by atomic mass is 9.65. The van der Waals surface area contributed by atoms with Gasteiger partial charge in [-0.25, -0.2) is 0 Å². The molecule has 3 atom stereocenters. The molecule has 1 aliphatic heterocycles. The number of nitrogens with one attached hydrogen (secondary N) is 1. The van der Waals surface area contributed by atoms with Gasteiger partial charge in [-0.1, -0.05) is 24.6 Å². The van der Waals surface area contributed by atoms with E-state index in [0.29, 0.717) is 17.9 Å². The third kappa shape index (κ3) is 3.80. The summed E-state index contributed by atoms with van der Waals surface area (Å²) in [7, 11) is 0. The molecule has 2 aliphatic carbocycles. The van der Waals surface area contributed by atoms with Gasteiger partial charge in [0.2, 0.25) is 5.91 Å². The number of nitrogens with two attached hydrogens (primary N) is 1. The van der Waals surface area contributed by atoms with Crippen LogP contribution in [0.2, 0.25) is 0 Å². The molecule has 25 heavy (non-hydrogen) atoms. The van der Waals surface area contributed by atoms with Crippen molar-refractivity contribution < 1.29 is 9.53 Å². The van der Waals surface area contributed by atoms with Gasteiger partial charge in [-0.05, 0) is 56.4 Å². The summed E-state index contributed by atoms with van der Waals surface area (Å²) in [6.07, 6.45) is 7.53. The van der Waals surface area contributed by atoms with Crippen molar-refractivity contribution in [2.45, 2.75) is 57.0 Å². The Labute approximate surface area is 156 Å². The second kappa shape index (κ2) is 7.96. The van der Waals surface area contributed by atoms with Crippen molar-refractivity contribution >= 4 is 18.3 Å². The van der Waals surface area contributed by atoms with E-state index in [0.717, 1.165) is 43.6 Å². The van der Waals surface area contributed by atoms with E-state index in [4.69, 9.17) is 10.5 Å². The summed E-state index contributed by atoms with van der Waals surface area (Å²) in [5.74, 6) is 2.36. The number of amides is 1. The Kier molecular flexibility index (Phi) is 5.90. The Bertz CT molecular complexity index is 595. The average molecular weight is 365 g/mol. The van der Waals surface area contributed by atoms with Gasteiger partial charge in [-0.15, -0.1) is 12.4 Å². The van der Waals surface area contributed by atoms with Gasteiger partial charge in [0.1, 0.15) is 5.75 Å². The Morgan fingerprint density at radius 3 is 2.56 bits per heavy atom. The molecule has 2 saturated carbocycles. The van der Waals surface area contributed by atoms with Crippen LogP contribution in [0.4, 0.5) is 0 Å². The second-order valence-corrected chi connectivity index (χ2v) is 7.79. The van der Waals surface area contributed by atoms with Crippen molar-refractivity contribution in [2.75, 3.05) is 6.61 Å². The maximum atomic E-state index is 12.9. The standard InChI is InChI=1S/C20H28N2O2.ClH/c21-19-13-5-3-6-14(19)12-15(11-13)20(23)22-17-8-4-10-24-18-9-2-1-7-16(17)18;/h1-2,7,9,13-15,17,19H,3-6,8,10-12,21H2,(H,22,23);1H. The van der Waals surface area contributed by atoms with E-state index in [2.05, 4.69) is 11.4 Å². The number of hydrogen-bond acceptors (Lipinski definition) is 3. The molecule has 2 bridgehead atoms. The summed E-state index contributed by atoms with van der Waals surface area (Å²) in [4.78, 5) is 12.9. The Balaban J connectivity index is 0.00000182. The molecule has 1 aromatic carbocycles. The molecule has 3 aliphatic rings. The molecule has 0 spiro atoms. The van der Waals surface area contributed by atoms with Crippen LogP contribution < -0.4 is 15.8 Å². The minimum absolute atomic E-state index is 0. The molecular weight excluding hydrogens is 336 g/mol. The molecule has 1 heterocycles. The Morgan fingerprint density at radius 2 is 1.80 bits per heavy atom. The van der Waals surface area contributed by atoms with Crippen molar-refractivity contribution in [1.82, 2.24) is 5.32 Å². The van der Waals surface area contributed by atoms with E-state index in [1.807, 2.05) is 18.2 Å². The van der Waals surface area contributed by atoms with Gasteiger partial charge in [0.05, 0.1) is 12.6 Å². The first-order valence-electron chi connectivity index (χ1n) is 9.50. The summed E-state index contributed by atoms with van der Waals surface area (Å²) in [5, 5.41) is 3.33. The van der Waals surface area contributed by atoms with Crippen LogP contribution >= 0.6 is 12.4 Å². The summed E-state index contributed by atoms with van der Waals surface area (Å²) in [6.45, 7) is 0.728. The SMILES string of the molecule is Cl.NC1C2CCCC1CC(C(=O)NC1CCCOc3ccccc31)C2. The molecule has 4 nitrogen and oxygen atoms in total. The zero-order valence-corrected chi connectivity index (χ0v) is 15.5. The lowest BCUT2D eigenvalue weighted by Crippen LogP contribution is -2.49. The number of ether oxygens (including phenoxy) is 1. The van der Waals surface area contributed by atoms with Crippen molar-refractivity contribution in [3.05, 3.63) is 29.8 Å². The molecule has 0 aromatic heterocycles. The van der Waals surface area contributed by atoms with Crippen LogP contribution in [-0.2, 0) is 4.79 Å². The van der Waals surface area contributed by atoms with Crippen molar-refractivity contribution in [3.63, 3.8) is 0 Å². The number of rotatable bonds is 2. The van der Waals surface area contributed by atoms with E-state index in [9.17, 15) is 4.79 Å². The first-order valence-corrected chi connectivity index (χ1v) is 9.50. The fourth-order valence-electron chi connectivity index (χ4n) is 4.97. The van der Waals surface area contributed by atoms with Gasteiger partial charge in [-0.2, -0.15) is 0 Å². The van der Waals surface area contributed by atoms with Crippen molar-refractivity contribution in [2.24, 2.45) is 23.5 Å². The highest BCUT2D eigenvalue weighted by molar-refractivity contribution is 5.85. The summed E-state index contributed by atoms with van der Waals surface area (Å²) < 4.78 is 5.81. The Morgan fingerprint density at radius 1 is 1.08 bits per heavy atom. The minimum atomic E-state index is 0. The summed E-state index contributed by atoms with van der Waals surface area (Å²) in [5.41, 5.74) is 7.49. The zero-order chi connectivity index (χ0) is 16.5. The number of carbonyl (C=O) groups is 1. The third-order valence-corrected chi connectivity index (χ3v) is 6.29. The quantitative estimate of drug-likeness (QED) is 0.842. The zero-order valence-electron chi connectivity index (χ0n) is 14.7. The number of carbonyl (C=O) groups excluding carboxylic acids is 1. The van der Waals surface area contributed by atoms with Gasteiger partial charge in [0.15, 0.2) is 0 Å². The third-order valence-electron chi connectivity index (χ3n) is 6.29. The topological polar surface area (TPSA) is 64.4 Å². The highest BCUT2D eigenvalue weighted by atomic mass is 35.5. The van der Waals surface area contributed by atoms with Crippen LogP contribution in [0.15, 0.2) is 24.3 Å². The molecule has 0 radical (unpaired) electrons. The number of halogens is 1. The predicted molar refractivity (Wildman–Crippen MR) is 101 cm³/mol. The van der Waals surface area contributed by atoms with Crippen molar-refractivity contribution in [3.8, 4) is 5.75 Å². The molecule has 3 N–H and O–H groups in total. The van der Waals surface area contributed by atoms with E-state index in [1.165, 1.54) is 19.3 Å². The molecule has 1 aromatic rings. The smallest absolute Gasteiger partial charge is 0.223 e. The number of benzene rings is 1. The van der Waals surface area contributed by atoms with Gasteiger partial charge < -0.3 is 15.8 Å². The first kappa shape index (κ1) is 18.5. The Hall–Kier alpha value is -1.26. The summed E-state index contributed by atoms with van der Waals surface area (Å²) >= 11 is 0. The van der Waals surface area contributed by atoms with E-state index < -0.39 is 0 Å². The van der Waals surface area contributed by atoms with Crippen LogP contribution in [0.25, 0.3) is 0 Å². The lowest BCUT2D eigenvalue weighted by molar-refractivity contribution is -0.128. The molecule has 2 fully saturated rings. The predicted octanol–water partition coefficient (Wildman–Crippen LogP) is 3.59. The van der Waals surface area contributed by atoms with E-state index in [1.54, 1.807) is 0 Å². The summed E-state index contributed by atoms with van der Waals surface area (Å²) in [6, 6.07) is 8.49. The monoisotopic (exact) mass is 364 g/mol. The van der Waals surface area contributed by atoms with Gasteiger partial charge in [0, 0.05) is 17.5 Å². The number of hydrogen-bond donors (Lipinski definition) is 2. The molecule has 1 amide bonds. The van der Waals surface area contributed by atoms with Crippen LogP contribution in [0, 0.1) is 17.8 Å². The highest BCUT2D eigenvalue weighted by Gasteiger charge is 2.41. The van der Waals surface area contributed by atoms with Gasteiger partial charge in [-0.3, -0.25) is 4.79 Å². The van der Waals surface area contributed by atoms with Crippen LogP contribution in [0.1, 0.15) is 56.6 Å². The fourth-order valence-corrected chi connectivity index (χ4v) is 4.97. The molecular formula is C20H29ClN2O2. The first-order chi connectivity index (χ1) is 11.7. The maximum absolute atomic E-state index is 12.9. The molecule has 4 rings (SSSR count). The van der Waals surface area contributed by atoms with E-state index >= 15 is 0 Å². The van der Waals surface area contributed by atoms with Crippen molar-refractivity contribution in [1.29, 1.82) is 0 Å². The second-order valence-electron chi connectivity index (χ2n) is 7.79. The van der Waals surface area contributed by atoms with Crippen LogP contribution in [0.5, 0.6) is 5.75 Å². The molecule has 138 valence electrons. The highest BCUT2D eigenvalue weighted by Crippen LogP contribution is 2.42. The minimum Gasteiger partial charge on any atom is -0.493 e. The number of fused-ring (bicyclic) bond motifs is 3. The van der Waals surface area contributed by atoms with Crippen LogP contribution in [0.3, 0.4) is 0 Å². The lowest BCUT2D eigenvalue weighted by Gasteiger charge is -2.43. The van der Waals surface area contributed by atoms with Gasteiger partial charge >= 0.3 is 0 Å². The van der Waals surface area contributed by atoms with Gasteiger partial charge in [0.25, 0.3) is 0 Å².